The normalized spacial score (nSPS) is 29.8. The van der Waals surface area contributed by atoms with E-state index in [1.54, 1.807) is 12.3 Å². The van der Waals surface area contributed by atoms with Crippen molar-refractivity contribution < 1.29 is 9.53 Å². The van der Waals surface area contributed by atoms with Gasteiger partial charge in [-0.2, -0.15) is 0 Å². The molecule has 4 heterocycles. The van der Waals surface area contributed by atoms with Gasteiger partial charge >= 0.3 is 5.97 Å². The molecule has 0 radical (unpaired) electrons. The molecule has 216 valence electrons. The van der Waals surface area contributed by atoms with Gasteiger partial charge in [0.1, 0.15) is 12.2 Å². The Labute approximate surface area is 240 Å². The molecule has 3 aromatic rings. The molecule has 8 nitrogen and oxygen atoms in total. The van der Waals surface area contributed by atoms with E-state index >= 15 is 0 Å². The Bertz CT molecular complexity index is 1550. The van der Waals surface area contributed by atoms with Crippen molar-refractivity contribution in [2.75, 3.05) is 7.11 Å². The first-order chi connectivity index (χ1) is 20.0. The van der Waals surface area contributed by atoms with Gasteiger partial charge in [0.2, 0.25) is 0 Å². The van der Waals surface area contributed by atoms with Crippen LogP contribution in [0.3, 0.4) is 0 Å². The second-order valence-electron chi connectivity index (χ2n) is 12.9. The van der Waals surface area contributed by atoms with Crippen LogP contribution in [-0.4, -0.2) is 50.2 Å². The number of hydrogen-bond donors (Lipinski definition) is 0. The van der Waals surface area contributed by atoms with Crippen LogP contribution in [0.25, 0.3) is 22.3 Å². The summed E-state index contributed by atoms with van der Waals surface area (Å²) in [5.74, 6) is 1.29. The molecule has 7 rings (SSSR count). The van der Waals surface area contributed by atoms with Gasteiger partial charge in [-0.1, -0.05) is 37.8 Å². The summed E-state index contributed by atoms with van der Waals surface area (Å²) in [6.45, 7) is -0.213. The maximum Gasteiger partial charge on any atom is 0.325 e. The van der Waals surface area contributed by atoms with E-state index in [0.29, 0.717) is 29.4 Å². The molecule has 41 heavy (non-hydrogen) atoms. The van der Waals surface area contributed by atoms with Gasteiger partial charge in [0.25, 0.3) is 11.1 Å². The number of carbonyl (C=O) groups is 1. The first-order valence-electron chi connectivity index (χ1n) is 15.5. The van der Waals surface area contributed by atoms with Crippen LogP contribution in [-0.2, 0) is 16.1 Å². The van der Waals surface area contributed by atoms with Crippen molar-refractivity contribution >= 4 is 17.0 Å². The third kappa shape index (κ3) is 4.94. The molecule has 2 unspecified atom stereocenters. The van der Waals surface area contributed by atoms with E-state index in [1.807, 2.05) is 28.8 Å². The molecule has 2 aromatic heterocycles. The Morgan fingerprint density at radius 3 is 2.29 bits per heavy atom. The number of ether oxygens (including phenoxy) is 1. The van der Waals surface area contributed by atoms with Crippen molar-refractivity contribution in [2.24, 2.45) is 11.8 Å². The summed E-state index contributed by atoms with van der Waals surface area (Å²) in [7, 11) is 1.29. The minimum absolute atomic E-state index is 0.102. The summed E-state index contributed by atoms with van der Waals surface area (Å²) in [5.41, 5.74) is 2.02. The quantitative estimate of drug-likeness (QED) is 0.415. The van der Waals surface area contributed by atoms with Crippen LogP contribution in [0.4, 0.5) is 0 Å². The third-order valence-electron chi connectivity index (χ3n) is 10.5. The Balaban J connectivity index is 1.25. The maximum absolute atomic E-state index is 14.3. The molecule has 0 amide bonds. The summed E-state index contributed by atoms with van der Waals surface area (Å²) >= 11 is 0. The standard InChI is InChI=1S/C33H40N4O4/c1-41-31(39)20-35-19-23(12-13-30(35)38)32-33(40)37(29-11-3-2-10-28(29)34-32)27-17-24-8-5-9-25(18-27)36(24)26-15-21-6-4-7-22(14-21)16-26/h2-3,10-13,19,21-22,24-27H,4-9,14-18,20H2,1H3/t21-,22+,24-,25+,26?,27?. The zero-order valence-electron chi connectivity index (χ0n) is 23.9. The number of aromatic nitrogens is 3. The molecule has 0 N–H and O–H groups in total. The number of hydrogen-bond acceptors (Lipinski definition) is 6. The average Bonchev–Trinajstić information content (AvgIpc) is 2.97. The number of benzene rings is 1. The fraction of sp³-hybridized carbons (Fsp3) is 0.576. The largest absolute Gasteiger partial charge is 0.468 e. The first-order valence-corrected chi connectivity index (χ1v) is 15.5. The minimum Gasteiger partial charge on any atom is -0.468 e. The molecule has 2 saturated heterocycles. The number of carbonyl (C=O) groups excluding carboxylic acids is 1. The number of nitrogens with zero attached hydrogens (tertiary/aromatic N) is 4. The van der Waals surface area contributed by atoms with Crippen molar-refractivity contribution in [3.05, 3.63) is 63.3 Å². The van der Waals surface area contributed by atoms with Gasteiger partial charge in [-0.05, 0) is 75.0 Å². The number of fused-ring (bicyclic) bond motifs is 5. The number of piperidine rings is 2. The smallest absolute Gasteiger partial charge is 0.325 e. The molecule has 1 aromatic carbocycles. The van der Waals surface area contributed by atoms with Crippen LogP contribution in [0.1, 0.15) is 76.7 Å². The summed E-state index contributed by atoms with van der Waals surface area (Å²) in [6.07, 6.45) is 15.6. The average molecular weight is 557 g/mol. The van der Waals surface area contributed by atoms with E-state index in [0.717, 1.165) is 35.7 Å². The molecule has 8 heteroatoms. The van der Waals surface area contributed by atoms with E-state index in [1.165, 1.54) is 75.5 Å². The third-order valence-corrected chi connectivity index (χ3v) is 10.5. The van der Waals surface area contributed by atoms with Gasteiger partial charge in [-0.25, -0.2) is 4.98 Å². The van der Waals surface area contributed by atoms with Crippen LogP contribution < -0.4 is 11.1 Å². The molecule has 2 saturated carbocycles. The van der Waals surface area contributed by atoms with E-state index < -0.39 is 5.97 Å². The molecule has 2 aliphatic heterocycles. The second-order valence-corrected chi connectivity index (χ2v) is 12.9. The van der Waals surface area contributed by atoms with Gasteiger partial charge in [0.05, 0.1) is 18.1 Å². The number of pyridine rings is 1. The molecule has 6 atom stereocenters. The highest BCUT2D eigenvalue weighted by Gasteiger charge is 2.45. The number of esters is 1. The van der Waals surface area contributed by atoms with Crippen molar-refractivity contribution in [1.82, 2.24) is 19.0 Å². The van der Waals surface area contributed by atoms with Gasteiger partial charge in [0.15, 0.2) is 0 Å². The topological polar surface area (TPSA) is 86.4 Å². The number of para-hydroxylation sites is 2. The predicted molar refractivity (Wildman–Crippen MR) is 158 cm³/mol. The van der Waals surface area contributed by atoms with Crippen molar-refractivity contribution in [1.29, 1.82) is 0 Å². The lowest BCUT2D eigenvalue weighted by molar-refractivity contribution is -0.141. The zero-order valence-corrected chi connectivity index (χ0v) is 23.9. The predicted octanol–water partition coefficient (Wildman–Crippen LogP) is 4.93. The molecule has 4 aliphatic rings. The molecule has 4 fully saturated rings. The lowest BCUT2D eigenvalue weighted by Crippen LogP contribution is -2.58. The molecule has 0 spiro atoms. The first kappa shape index (κ1) is 26.6. The fourth-order valence-electron chi connectivity index (χ4n) is 8.84. The lowest BCUT2D eigenvalue weighted by Gasteiger charge is -2.55. The number of rotatable bonds is 5. The van der Waals surface area contributed by atoms with Crippen LogP contribution in [0, 0.1) is 11.8 Å². The second kappa shape index (κ2) is 10.9. The molecule has 4 bridgehead atoms. The Hall–Kier alpha value is -3.26. The Morgan fingerprint density at radius 1 is 0.854 bits per heavy atom. The summed E-state index contributed by atoms with van der Waals surface area (Å²) in [4.78, 5) is 46.4. The zero-order chi connectivity index (χ0) is 28.1. The fourth-order valence-corrected chi connectivity index (χ4v) is 8.84. The summed E-state index contributed by atoms with van der Waals surface area (Å²) < 4.78 is 8.05. The van der Waals surface area contributed by atoms with E-state index in [9.17, 15) is 14.4 Å². The highest BCUT2D eigenvalue weighted by Crippen LogP contribution is 2.47. The summed E-state index contributed by atoms with van der Waals surface area (Å²) in [5, 5.41) is 0. The van der Waals surface area contributed by atoms with Crippen molar-refractivity contribution in [3.8, 4) is 11.3 Å². The highest BCUT2D eigenvalue weighted by atomic mass is 16.5. The summed E-state index contributed by atoms with van der Waals surface area (Å²) in [6, 6.07) is 12.7. The van der Waals surface area contributed by atoms with Gasteiger partial charge in [-0.15, -0.1) is 0 Å². The molecular formula is C33H40N4O4. The Kier molecular flexibility index (Phi) is 7.05. The molecule has 2 aliphatic carbocycles. The molecular weight excluding hydrogens is 516 g/mol. The van der Waals surface area contributed by atoms with Crippen LogP contribution in [0.15, 0.2) is 52.2 Å². The highest BCUT2D eigenvalue weighted by molar-refractivity contribution is 5.78. The van der Waals surface area contributed by atoms with E-state index in [-0.39, 0.29) is 23.7 Å². The Morgan fingerprint density at radius 2 is 1.56 bits per heavy atom. The maximum atomic E-state index is 14.3. The SMILES string of the molecule is COC(=O)Cn1cc(-c2nc3ccccc3n(C3C[C@H]4CCC[C@@H](C3)N4C3C[C@H]4CCC[C@@H](C3)C4)c2=O)ccc1=O. The van der Waals surface area contributed by atoms with Crippen molar-refractivity contribution in [2.45, 2.75) is 101 Å². The van der Waals surface area contributed by atoms with Crippen molar-refractivity contribution in [3.63, 3.8) is 0 Å². The van der Waals surface area contributed by atoms with E-state index in [4.69, 9.17) is 9.72 Å². The van der Waals surface area contributed by atoms with Gasteiger partial charge in [0, 0.05) is 42.0 Å². The monoisotopic (exact) mass is 556 g/mol. The van der Waals surface area contributed by atoms with Crippen LogP contribution in [0.2, 0.25) is 0 Å². The number of methoxy groups -OCH3 is 1. The van der Waals surface area contributed by atoms with Gasteiger partial charge < -0.3 is 13.9 Å². The van der Waals surface area contributed by atoms with Crippen LogP contribution in [0.5, 0.6) is 0 Å². The minimum atomic E-state index is -0.520. The lowest BCUT2D eigenvalue weighted by atomic mass is 9.68. The van der Waals surface area contributed by atoms with E-state index in [2.05, 4.69) is 4.90 Å². The van der Waals surface area contributed by atoms with Gasteiger partial charge in [-0.3, -0.25) is 19.3 Å². The van der Waals surface area contributed by atoms with Crippen LogP contribution >= 0.6 is 0 Å².